The van der Waals surface area contributed by atoms with E-state index in [4.69, 9.17) is 11.6 Å². The lowest BCUT2D eigenvalue weighted by atomic mass is 10.4. The van der Waals surface area contributed by atoms with Gasteiger partial charge in [-0.2, -0.15) is 0 Å². The highest BCUT2D eigenvalue weighted by molar-refractivity contribution is 9.09. The zero-order valence-corrected chi connectivity index (χ0v) is 8.97. The summed E-state index contributed by atoms with van der Waals surface area (Å²) in [6.07, 6.45) is 1.70. The summed E-state index contributed by atoms with van der Waals surface area (Å²) in [7, 11) is 0. The minimum absolute atomic E-state index is 0.105. The van der Waals surface area contributed by atoms with E-state index in [1.807, 2.05) is 0 Å². The van der Waals surface area contributed by atoms with Crippen LogP contribution in [0, 0.1) is 0 Å². The summed E-state index contributed by atoms with van der Waals surface area (Å²) in [5, 5.41) is 3.51. The first kappa shape index (κ1) is 10.4. The highest BCUT2D eigenvalue weighted by atomic mass is 79.9. The lowest BCUT2D eigenvalue weighted by Gasteiger charge is -2.01. The van der Waals surface area contributed by atoms with Gasteiger partial charge in [-0.25, -0.2) is 9.97 Å². The van der Waals surface area contributed by atoms with Crippen molar-refractivity contribution in [3.8, 4) is 0 Å². The van der Waals surface area contributed by atoms with Crippen LogP contribution >= 0.6 is 27.5 Å². The van der Waals surface area contributed by atoms with Crippen LogP contribution < -0.4 is 5.32 Å². The predicted octanol–water partition coefficient (Wildman–Crippen LogP) is 1.85. The molecular formula is C7H7BrClN3O. The van der Waals surface area contributed by atoms with E-state index in [1.165, 1.54) is 12.4 Å². The number of anilines is 1. The number of hydrogen-bond donors (Lipinski definition) is 1. The van der Waals surface area contributed by atoms with E-state index in [0.29, 0.717) is 22.7 Å². The lowest BCUT2D eigenvalue weighted by Crippen LogP contribution is -2.12. The van der Waals surface area contributed by atoms with Crippen LogP contribution in [0.25, 0.3) is 0 Å². The van der Waals surface area contributed by atoms with E-state index >= 15 is 0 Å². The van der Waals surface area contributed by atoms with Crippen molar-refractivity contribution in [2.75, 3.05) is 10.6 Å². The Hall–Kier alpha value is -0.680. The smallest absolute Gasteiger partial charge is 0.226 e. The normalized spacial score (nSPS) is 9.69. The van der Waals surface area contributed by atoms with Crippen LogP contribution in [0.3, 0.4) is 0 Å². The number of nitrogens with one attached hydrogen (secondary N) is 1. The van der Waals surface area contributed by atoms with Gasteiger partial charge >= 0.3 is 0 Å². The largest absolute Gasteiger partial charge is 0.311 e. The maximum absolute atomic E-state index is 11.1. The number of alkyl halides is 1. The third-order valence-electron chi connectivity index (χ3n) is 1.22. The number of carbonyl (C=O) groups excluding carboxylic acids is 1. The Labute approximate surface area is 88.8 Å². The topological polar surface area (TPSA) is 54.9 Å². The molecule has 0 aromatic carbocycles. The first-order valence-electron chi connectivity index (χ1n) is 3.55. The van der Waals surface area contributed by atoms with Gasteiger partial charge < -0.3 is 5.32 Å². The van der Waals surface area contributed by atoms with E-state index in [1.54, 1.807) is 0 Å². The van der Waals surface area contributed by atoms with Crippen LogP contribution in [0.4, 0.5) is 5.82 Å². The Kier molecular flexibility index (Phi) is 4.11. The van der Waals surface area contributed by atoms with Crippen molar-refractivity contribution in [1.29, 1.82) is 0 Å². The summed E-state index contributed by atoms with van der Waals surface area (Å²) in [4.78, 5) is 18.6. The molecule has 4 nitrogen and oxygen atoms in total. The molecule has 70 valence electrons. The maximum Gasteiger partial charge on any atom is 0.226 e. The van der Waals surface area contributed by atoms with Gasteiger partial charge in [-0.1, -0.05) is 27.5 Å². The fourth-order valence-corrected chi connectivity index (χ4v) is 1.20. The summed E-state index contributed by atoms with van der Waals surface area (Å²) in [5.41, 5.74) is 0. The molecule has 0 saturated heterocycles. The van der Waals surface area contributed by atoms with Crippen LogP contribution in [-0.4, -0.2) is 21.2 Å². The fraction of sp³-hybridized carbons (Fsp3) is 0.286. The molecule has 0 aliphatic heterocycles. The van der Waals surface area contributed by atoms with Crippen LogP contribution in [0.15, 0.2) is 12.4 Å². The Morgan fingerprint density at radius 3 is 3.00 bits per heavy atom. The average molecular weight is 265 g/mol. The number of amides is 1. The highest BCUT2D eigenvalue weighted by Crippen LogP contribution is 2.08. The molecule has 0 radical (unpaired) electrons. The molecule has 0 unspecified atom stereocenters. The first-order chi connectivity index (χ1) is 6.22. The molecule has 0 fully saturated rings. The number of halogens is 2. The van der Waals surface area contributed by atoms with E-state index in [0.717, 1.165) is 0 Å². The van der Waals surface area contributed by atoms with Crippen molar-refractivity contribution in [1.82, 2.24) is 9.97 Å². The molecule has 0 aliphatic rings. The Morgan fingerprint density at radius 1 is 1.62 bits per heavy atom. The molecule has 0 aliphatic carbocycles. The molecule has 0 spiro atoms. The number of aromatic nitrogens is 2. The van der Waals surface area contributed by atoms with Crippen molar-refractivity contribution in [2.45, 2.75) is 6.42 Å². The van der Waals surface area contributed by atoms with E-state index in [9.17, 15) is 4.79 Å². The van der Waals surface area contributed by atoms with Crippen molar-refractivity contribution < 1.29 is 4.79 Å². The summed E-state index contributed by atoms with van der Waals surface area (Å²) >= 11 is 8.75. The first-order valence-corrected chi connectivity index (χ1v) is 5.05. The number of hydrogen-bond acceptors (Lipinski definition) is 3. The molecule has 1 N–H and O–H groups in total. The van der Waals surface area contributed by atoms with Gasteiger partial charge in [0.05, 0.1) is 0 Å². The minimum Gasteiger partial charge on any atom is -0.311 e. The van der Waals surface area contributed by atoms with Crippen molar-refractivity contribution in [3.05, 3.63) is 17.5 Å². The molecule has 0 bridgehead atoms. The zero-order valence-electron chi connectivity index (χ0n) is 6.63. The van der Waals surface area contributed by atoms with Gasteiger partial charge in [-0.15, -0.1) is 0 Å². The fourth-order valence-electron chi connectivity index (χ4n) is 0.693. The molecule has 1 aromatic heterocycles. The van der Waals surface area contributed by atoms with Crippen LogP contribution in [0.2, 0.25) is 5.15 Å². The van der Waals surface area contributed by atoms with Crippen molar-refractivity contribution >= 4 is 39.3 Å². The van der Waals surface area contributed by atoms with Crippen LogP contribution in [-0.2, 0) is 4.79 Å². The molecule has 0 atom stereocenters. The number of nitrogens with zero attached hydrogens (tertiary/aromatic N) is 2. The predicted molar refractivity (Wildman–Crippen MR) is 54.1 cm³/mol. The van der Waals surface area contributed by atoms with Crippen LogP contribution in [0.5, 0.6) is 0 Å². The molecule has 1 heterocycles. The second kappa shape index (κ2) is 5.14. The molecular weight excluding hydrogens is 257 g/mol. The van der Waals surface area contributed by atoms with E-state index in [2.05, 4.69) is 31.2 Å². The maximum atomic E-state index is 11.1. The molecule has 1 aromatic rings. The Morgan fingerprint density at radius 2 is 2.38 bits per heavy atom. The number of carbonyl (C=O) groups is 1. The van der Waals surface area contributed by atoms with Gasteiger partial charge in [0.15, 0.2) is 0 Å². The third-order valence-corrected chi connectivity index (χ3v) is 1.83. The second-order valence-corrected chi connectivity index (χ2v) is 3.39. The van der Waals surface area contributed by atoms with Gasteiger partial charge in [0.2, 0.25) is 5.91 Å². The van der Waals surface area contributed by atoms with Gasteiger partial charge in [0.25, 0.3) is 0 Å². The second-order valence-electron chi connectivity index (χ2n) is 2.21. The molecule has 1 rings (SSSR count). The van der Waals surface area contributed by atoms with Crippen molar-refractivity contribution in [3.63, 3.8) is 0 Å². The van der Waals surface area contributed by atoms with Gasteiger partial charge in [-0.3, -0.25) is 4.79 Å². The Bertz CT molecular complexity index is 308. The Balaban J connectivity index is 2.58. The molecule has 1 amide bonds. The minimum atomic E-state index is -0.105. The highest BCUT2D eigenvalue weighted by Gasteiger charge is 2.02. The van der Waals surface area contributed by atoms with E-state index in [-0.39, 0.29) is 5.91 Å². The average Bonchev–Trinajstić information content (AvgIpc) is 2.04. The molecule has 6 heteroatoms. The summed E-state index contributed by atoms with van der Waals surface area (Å²) in [5.74, 6) is 0.317. The molecule has 0 saturated carbocycles. The number of rotatable bonds is 3. The van der Waals surface area contributed by atoms with Gasteiger partial charge in [0, 0.05) is 17.8 Å². The zero-order chi connectivity index (χ0) is 9.68. The van der Waals surface area contributed by atoms with Gasteiger partial charge in [-0.05, 0) is 0 Å². The summed E-state index contributed by atoms with van der Waals surface area (Å²) in [6.45, 7) is 0. The SMILES string of the molecule is O=C(CCBr)Nc1cc(Cl)ncn1. The van der Waals surface area contributed by atoms with Gasteiger partial charge in [0.1, 0.15) is 17.3 Å². The lowest BCUT2D eigenvalue weighted by molar-refractivity contribution is -0.115. The summed E-state index contributed by atoms with van der Waals surface area (Å²) in [6, 6.07) is 1.49. The molecule has 13 heavy (non-hydrogen) atoms. The van der Waals surface area contributed by atoms with Crippen molar-refractivity contribution in [2.24, 2.45) is 0 Å². The summed E-state index contributed by atoms with van der Waals surface area (Å²) < 4.78 is 0. The monoisotopic (exact) mass is 263 g/mol. The van der Waals surface area contributed by atoms with E-state index < -0.39 is 0 Å². The van der Waals surface area contributed by atoms with Crippen LogP contribution in [0.1, 0.15) is 6.42 Å². The quantitative estimate of drug-likeness (QED) is 0.669. The standard InChI is InChI=1S/C7H7BrClN3O/c8-2-1-7(13)12-6-3-5(9)10-4-11-6/h3-4H,1-2H2,(H,10,11,12,13). The third kappa shape index (κ3) is 3.69.